The minimum absolute atomic E-state index is 0.0181. The summed E-state index contributed by atoms with van der Waals surface area (Å²) >= 11 is 0. The number of benzene rings is 2. The van der Waals surface area contributed by atoms with Crippen LogP contribution in [-0.2, 0) is 16.4 Å². The average Bonchev–Trinajstić information content (AvgIpc) is 3.23. The zero-order valence-corrected chi connectivity index (χ0v) is 15.7. The second-order valence-electron chi connectivity index (χ2n) is 6.21. The van der Waals surface area contributed by atoms with Crippen molar-refractivity contribution in [3.05, 3.63) is 70.5 Å². The summed E-state index contributed by atoms with van der Waals surface area (Å²) in [6.45, 7) is 1.95. The van der Waals surface area contributed by atoms with Gasteiger partial charge < -0.3 is 8.83 Å². The smallest absolute Gasteiger partial charge is 0.417 e. The Balaban J connectivity index is 1.46. The number of fused-ring (bicyclic) bond motifs is 1. The van der Waals surface area contributed by atoms with Crippen molar-refractivity contribution in [1.82, 2.24) is 14.7 Å². The van der Waals surface area contributed by atoms with Crippen LogP contribution >= 0.6 is 0 Å². The maximum absolute atomic E-state index is 12.5. The van der Waals surface area contributed by atoms with Crippen molar-refractivity contribution in [2.45, 2.75) is 18.2 Å². The van der Waals surface area contributed by atoms with E-state index in [9.17, 15) is 13.2 Å². The van der Waals surface area contributed by atoms with Gasteiger partial charge in [-0.05, 0) is 31.2 Å². The van der Waals surface area contributed by atoms with Gasteiger partial charge in [0, 0.05) is 24.6 Å². The Labute approximate surface area is 160 Å². The lowest BCUT2D eigenvalue weighted by atomic mass is 10.2. The molecule has 4 rings (SSSR count). The first kappa shape index (κ1) is 18.2. The van der Waals surface area contributed by atoms with E-state index >= 15 is 0 Å². The molecule has 0 aliphatic rings. The van der Waals surface area contributed by atoms with Crippen LogP contribution in [0.2, 0.25) is 0 Å². The zero-order valence-electron chi connectivity index (χ0n) is 14.9. The van der Waals surface area contributed by atoms with Crippen molar-refractivity contribution in [3.63, 3.8) is 0 Å². The quantitative estimate of drug-likeness (QED) is 0.514. The molecule has 28 heavy (non-hydrogen) atoms. The minimum Gasteiger partial charge on any atom is -0.441 e. The molecule has 4 aromatic rings. The molecule has 0 spiro atoms. The summed E-state index contributed by atoms with van der Waals surface area (Å²) in [5, 5.41) is 0. The molecule has 0 unspecified atom stereocenters. The molecule has 8 nitrogen and oxygen atoms in total. The summed E-state index contributed by atoms with van der Waals surface area (Å²) in [6, 6.07) is 13.7. The highest BCUT2D eigenvalue weighted by Crippen LogP contribution is 2.22. The van der Waals surface area contributed by atoms with E-state index in [0.717, 1.165) is 5.56 Å². The van der Waals surface area contributed by atoms with Gasteiger partial charge in [-0.15, -0.1) is 0 Å². The number of oxazole rings is 2. The Bertz CT molecular complexity index is 1290. The van der Waals surface area contributed by atoms with Crippen LogP contribution in [-0.4, -0.2) is 24.9 Å². The van der Waals surface area contributed by atoms with Crippen molar-refractivity contribution in [3.8, 4) is 11.5 Å². The first-order valence-electron chi connectivity index (χ1n) is 8.57. The largest absolute Gasteiger partial charge is 0.441 e. The minimum atomic E-state index is -3.76. The lowest BCUT2D eigenvalue weighted by Crippen LogP contribution is -2.26. The summed E-state index contributed by atoms with van der Waals surface area (Å²) in [5.74, 6) is 0.519. The highest BCUT2D eigenvalue weighted by atomic mass is 32.2. The topological polar surface area (TPSA) is 118 Å². The summed E-state index contributed by atoms with van der Waals surface area (Å²) in [4.78, 5) is 18.2. The summed E-state index contributed by atoms with van der Waals surface area (Å²) in [6.07, 6.45) is 0.378. The van der Waals surface area contributed by atoms with Crippen LogP contribution in [0.5, 0.6) is 0 Å². The predicted octanol–water partition coefficient (Wildman–Crippen LogP) is 2.61. The number of aromatic nitrogens is 2. The predicted molar refractivity (Wildman–Crippen MR) is 102 cm³/mol. The van der Waals surface area contributed by atoms with Crippen molar-refractivity contribution >= 4 is 21.1 Å². The van der Waals surface area contributed by atoms with Crippen LogP contribution in [0.15, 0.2) is 67.1 Å². The fourth-order valence-electron chi connectivity index (χ4n) is 2.84. The molecule has 0 aliphatic heterocycles. The number of sulfonamides is 1. The molecule has 0 saturated heterocycles. The Morgan fingerprint density at radius 3 is 2.68 bits per heavy atom. The number of aromatic amines is 1. The van der Waals surface area contributed by atoms with Gasteiger partial charge in [0.05, 0.1) is 16.1 Å². The van der Waals surface area contributed by atoms with E-state index in [-0.39, 0.29) is 17.0 Å². The molecule has 0 saturated carbocycles. The van der Waals surface area contributed by atoms with Gasteiger partial charge in [-0.3, -0.25) is 4.98 Å². The summed E-state index contributed by atoms with van der Waals surface area (Å²) in [7, 11) is -3.76. The van der Waals surface area contributed by atoms with Crippen molar-refractivity contribution in [2.75, 3.05) is 6.54 Å². The fraction of sp³-hybridized carbons (Fsp3) is 0.158. The molecule has 0 radical (unpaired) electrons. The van der Waals surface area contributed by atoms with Gasteiger partial charge in [0.2, 0.25) is 15.9 Å². The lowest BCUT2D eigenvalue weighted by Gasteiger charge is -2.05. The Hall–Kier alpha value is -3.17. The number of aryl methyl sites for hydroxylation is 1. The SMILES string of the molecule is Cc1oc(-c2ccccc2)nc1CCNS(=O)(=O)c1ccc2[nH]c(=O)oc2c1. The van der Waals surface area contributed by atoms with E-state index in [1.54, 1.807) is 6.92 Å². The van der Waals surface area contributed by atoms with Gasteiger partial charge in [0.25, 0.3) is 0 Å². The van der Waals surface area contributed by atoms with E-state index in [2.05, 4.69) is 14.7 Å². The molecule has 2 aromatic heterocycles. The van der Waals surface area contributed by atoms with Gasteiger partial charge >= 0.3 is 5.76 Å². The van der Waals surface area contributed by atoms with Gasteiger partial charge in [-0.1, -0.05) is 18.2 Å². The van der Waals surface area contributed by atoms with Gasteiger partial charge in [0.15, 0.2) is 5.58 Å². The van der Waals surface area contributed by atoms with Crippen molar-refractivity contribution in [1.29, 1.82) is 0 Å². The zero-order chi connectivity index (χ0) is 19.7. The second-order valence-corrected chi connectivity index (χ2v) is 7.98. The van der Waals surface area contributed by atoms with E-state index in [1.807, 2.05) is 30.3 Å². The van der Waals surface area contributed by atoms with E-state index in [1.165, 1.54) is 18.2 Å². The number of rotatable bonds is 6. The highest BCUT2D eigenvalue weighted by molar-refractivity contribution is 7.89. The summed E-state index contributed by atoms with van der Waals surface area (Å²) in [5.41, 5.74) is 2.18. The number of H-pyrrole nitrogens is 1. The molecule has 0 bridgehead atoms. The van der Waals surface area contributed by atoms with Crippen LogP contribution in [0.3, 0.4) is 0 Å². The third kappa shape index (κ3) is 3.62. The van der Waals surface area contributed by atoms with E-state index in [0.29, 0.717) is 29.3 Å². The standard InChI is InChI=1S/C19H17N3O5S/c1-12-15(21-18(26-12)13-5-3-2-4-6-13)9-10-20-28(24,25)14-7-8-16-17(11-14)27-19(23)22-16/h2-8,11,20H,9-10H2,1H3,(H,22,23). The van der Waals surface area contributed by atoms with Crippen LogP contribution in [0.1, 0.15) is 11.5 Å². The molecule has 2 aromatic carbocycles. The molecule has 0 fully saturated rings. The second kappa shape index (κ2) is 7.10. The Morgan fingerprint density at radius 1 is 1.11 bits per heavy atom. The number of hydrogen-bond donors (Lipinski definition) is 2. The van der Waals surface area contributed by atoms with Crippen LogP contribution in [0.4, 0.5) is 0 Å². The third-order valence-electron chi connectivity index (χ3n) is 4.27. The van der Waals surface area contributed by atoms with Crippen molar-refractivity contribution in [2.24, 2.45) is 0 Å². The molecule has 0 amide bonds. The first-order chi connectivity index (χ1) is 13.4. The van der Waals surface area contributed by atoms with Crippen molar-refractivity contribution < 1.29 is 17.3 Å². The molecular weight excluding hydrogens is 382 g/mol. The lowest BCUT2D eigenvalue weighted by molar-refractivity contribution is 0.538. The maximum atomic E-state index is 12.5. The molecular formula is C19H17N3O5S. The van der Waals surface area contributed by atoms with Gasteiger partial charge in [0.1, 0.15) is 5.76 Å². The maximum Gasteiger partial charge on any atom is 0.417 e. The Kier molecular flexibility index (Phi) is 4.62. The fourth-order valence-corrected chi connectivity index (χ4v) is 3.89. The molecule has 9 heteroatoms. The number of hydrogen-bond acceptors (Lipinski definition) is 6. The average molecular weight is 399 g/mol. The molecule has 0 atom stereocenters. The number of nitrogens with zero attached hydrogens (tertiary/aromatic N) is 1. The monoisotopic (exact) mass is 399 g/mol. The molecule has 0 aliphatic carbocycles. The molecule has 144 valence electrons. The molecule has 2 heterocycles. The third-order valence-corrected chi connectivity index (χ3v) is 5.73. The first-order valence-corrected chi connectivity index (χ1v) is 10.0. The normalized spacial score (nSPS) is 11.9. The van der Waals surface area contributed by atoms with Crippen LogP contribution in [0.25, 0.3) is 22.6 Å². The van der Waals surface area contributed by atoms with Crippen LogP contribution in [0, 0.1) is 6.92 Å². The Morgan fingerprint density at radius 2 is 1.89 bits per heavy atom. The van der Waals surface area contributed by atoms with E-state index in [4.69, 9.17) is 8.83 Å². The molecule has 2 N–H and O–H groups in total. The number of nitrogens with one attached hydrogen (secondary N) is 2. The van der Waals surface area contributed by atoms with Gasteiger partial charge in [-0.2, -0.15) is 0 Å². The van der Waals surface area contributed by atoms with Gasteiger partial charge in [-0.25, -0.2) is 22.9 Å². The van der Waals surface area contributed by atoms with Crippen LogP contribution < -0.4 is 10.5 Å². The van der Waals surface area contributed by atoms with E-state index < -0.39 is 15.8 Å². The summed E-state index contributed by atoms with van der Waals surface area (Å²) < 4.78 is 38.1. The highest BCUT2D eigenvalue weighted by Gasteiger charge is 2.17.